The number of carbonyl (C=O) groups is 2. The van der Waals surface area contributed by atoms with Crippen molar-refractivity contribution in [3.63, 3.8) is 0 Å². The van der Waals surface area contributed by atoms with Gasteiger partial charge in [0.05, 0.1) is 12.2 Å². The molecule has 3 aromatic rings. The number of aromatic nitrogens is 2. The Hall–Kier alpha value is -3.61. The second kappa shape index (κ2) is 7.67. The van der Waals surface area contributed by atoms with Crippen LogP contribution in [0, 0.1) is 6.92 Å². The largest absolute Gasteiger partial charge is 0.479 e. The number of hydrogen-bond acceptors (Lipinski definition) is 4. The summed E-state index contributed by atoms with van der Waals surface area (Å²) in [6, 6.07) is 17.9. The Bertz CT molecular complexity index is 1060. The SMILES string of the molecule is Cc1ccn(CC(C)(NC(=O)OCC2c3ccccc3-c3ccccc32)C(=O)O)n1. The average molecular weight is 405 g/mol. The summed E-state index contributed by atoms with van der Waals surface area (Å²) < 4.78 is 6.98. The van der Waals surface area contributed by atoms with Crippen molar-refractivity contribution in [2.24, 2.45) is 0 Å². The van der Waals surface area contributed by atoms with Gasteiger partial charge in [0, 0.05) is 12.1 Å². The third-order valence-corrected chi connectivity index (χ3v) is 5.45. The van der Waals surface area contributed by atoms with E-state index in [2.05, 4.69) is 22.5 Å². The van der Waals surface area contributed by atoms with E-state index >= 15 is 0 Å². The number of ether oxygens (including phenoxy) is 1. The van der Waals surface area contributed by atoms with E-state index in [-0.39, 0.29) is 19.1 Å². The molecule has 2 N–H and O–H groups in total. The van der Waals surface area contributed by atoms with Crippen LogP contribution in [0.2, 0.25) is 0 Å². The number of benzene rings is 2. The Morgan fingerprint density at radius 2 is 1.70 bits per heavy atom. The van der Waals surface area contributed by atoms with Gasteiger partial charge in [-0.3, -0.25) is 4.68 Å². The van der Waals surface area contributed by atoms with Crippen LogP contribution in [0.5, 0.6) is 0 Å². The summed E-state index contributed by atoms with van der Waals surface area (Å²) in [6.07, 6.45) is 0.904. The van der Waals surface area contributed by atoms with Crippen LogP contribution in [0.4, 0.5) is 4.79 Å². The molecule has 1 aliphatic rings. The molecule has 30 heavy (non-hydrogen) atoms. The molecule has 1 atom stereocenters. The Morgan fingerprint density at radius 1 is 1.10 bits per heavy atom. The first-order valence-corrected chi connectivity index (χ1v) is 9.74. The fourth-order valence-corrected chi connectivity index (χ4v) is 3.90. The quantitative estimate of drug-likeness (QED) is 0.654. The number of carbonyl (C=O) groups excluding carboxylic acids is 1. The molecule has 7 nitrogen and oxygen atoms in total. The Morgan fingerprint density at radius 3 is 2.23 bits per heavy atom. The number of nitrogens with one attached hydrogen (secondary N) is 1. The van der Waals surface area contributed by atoms with E-state index in [0.717, 1.165) is 27.9 Å². The zero-order valence-corrected chi connectivity index (χ0v) is 16.8. The second-order valence-electron chi connectivity index (χ2n) is 7.74. The standard InChI is InChI=1S/C23H23N3O4/c1-15-11-12-26(25-15)14-23(2,21(27)28)24-22(29)30-13-20-18-9-5-3-7-16(18)17-8-4-6-10-19(17)20/h3-12,20H,13-14H2,1-2H3,(H,24,29)(H,27,28). The number of aryl methyl sites for hydroxylation is 1. The maximum absolute atomic E-state index is 12.5. The monoisotopic (exact) mass is 405 g/mol. The van der Waals surface area contributed by atoms with Crippen LogP contribution in [-0.4, -0.2) is 39.1 Å². The van der Waals surface area contributed by atoms with E-state index in [0.29, 0.717) is 0 Å². The van der Waals surface area contributed by atoms with Crippen molar-refractivity contribution in [2.75, 3.05) is 6.61 Å². The van der Waals surface area contributed by atoms with Gasteiger partial charge in [0.25, 0.3) is 0 Å². The lowest BCUT2D eigenvalue weighted by molar-refractivity contribution is -0.144. The number of nitrogens with zero attached hydrogens (tertiary/aromatic N) is 2. The fourth-order valence-electron chi connectivity index (χ4n) is 3.90. The van der Waals surface area contributed by atoms with E-state index in [1.807, 2.05) is 43.3 Å². The van der Waals surface area contributed by atoms with Gasteiger partial charge in [-0.25, -0.2) is 9.59 Å². The van der Waals surface area contributed by atoms with E-state index in [4.69, 9.17) is 4.74 Å². The van der Waals surface area contributed by atoms with Crippen molar-refractivity contribution < 1.29 is 19.4 Å². The molecule has 1 heterocycles. The van der Waals surface area contributed by atoms with Gasteiger partial charge in [-0.05, 0) is 42.2 Å². The lowest BCUT2D eigenvalue weighted by Crippen LogP contribution is -2.55. The van der Waals surface area contributed by atoms with Crippen LogP contribution in [0.1, 0.15) is 29.7 Å². The summed E-state index contributed by atoms with van der Waals surface area (Å²) in [5.74, 6) is -1.25. The number of hydrogen-bond donors (Lipinski definition) is 2. The Labute approximate surface area is 174 Å². The molecular formula is C23H23N3O4. The highest BCUT2D eigenvalue weighted by molar-refractivity contribution is 5.84. The van der Waals surface area contributed by atoms with E-state index in [9.17, 15) is 14.7 Å². The van der Waals surface area contributed by atoms with E-state index < -0.39 is 17.6 Å². The van der Waals surface area contributed by atoms with Gasteiger partial charge in [0.2, 0.25) is 0 Å². The van der Waals surface area contributed by atoms with Gasteiger partial charge in [-0.2, -0.15) is 5.10 Å². The molecule has 0 aliphatic heterocycles. The van der Waals surface area contributed by atoms with Crippen molar-refractivity contribution in [1.29, 1.82) is 0 Å². The fraction of sp³-hybridized carbons (Fsp3) is 0.261. The second-order valence-corrected chi connectivity index (χ2v) is 7.74. The van der Waals surface area contributed by atoms with Gasteiger partial charge in [0.15, 0.2) is 5.54 Å². The van der Waals surface area contributed by atoms with Crippen LogP contribution in [0.15, 0.2) is 60.8 Å². The first kappa shape index (κ1) is 19.7. The van der Waals surface area contributed by atoms with Crippen molar-refractivity contribution in [3.05, 3.63) is 77.6 Å². The number of amides is 1. The van der Waals surface area contributed by atoms with Crippen molar-refractivity contribution in [2.45, 2.75) is 31.8 Å². The first-order valence-electron chi connectivity index (χ1n) is 9.74. The number of rotatable bonds is 6. The molecule has 0 spiro atoms. The Balaban J connectivity index is 1.47. The first-order chi connectivity index (χ1) is 14.4. The molecule has 0 bridgehead atoms. The number of aliphatic carboxylic acids is 1. The number of carboxylic acid groups (broad SMARTS) is 1. The molecule has 0 saturated carbocycles. The van der Waals surface area contributed by atoms with Crippen LogP contribution in [0.25, 0.3) is 11.1 Å². The summed E-state index contributed by atoms with van der Waals surface area (Å²) in [7, 11) is 0. The minimum Gasteiger partial charge on any atom is -0.479 e. The molecule has 154 valence electrons. The van der Waals surface area contributed by atoms with Gasteiger partial charge in [-0.15, -0.1) is 0 Å². The molecule has 0 radical (unpaired) electrons. The van der Waals surface area contributed by atoms with Gasteiger partial charge in [-0.1, -0.05) is 48.5 Å². The zero-order valence-electron chi connectivity index (χ0n) is 16.8. The number of carboxylic acids is 1. The highest BCUT2D eigenvalue weighted by Gasteiger charge is 2.37. The molecule has 0 saturated heterocycles. The molecule has 0 fully saturated rings. The van der Waals surface area contributed by atoms with E-state index in [1.54, 1.807) is 12.3 Å². The van der Waals surface area contributed by atoms with Gasteiger partial charge < -0.3 is 15.2 Å². The number of alkyl carbamates (subject to hydrolysis) is 1. The Kier molecular flexibility index (Phi) is 5.03. The molecule has 1 unspecified atom stereocenters. The zero-order chi connectivity index (χ0) is 21.3. The average Bonchev–Trinajstić information content (AvgIpc) is 3.27. The number of fused-ring (bicyclic) bond motifs is 3. The van der Waals surface area contributed by atoms with Gasteiger partial charge >= 0.3 is 12.1 Å². The van der Waals surface area contributed by atoms with Crippen LogP contribution in [0.3, 0.4) is 0 Å². The van der Waals surface area contributed by atoms with Gasteiger partial charge in [0.1, 0.15) is 6.61 Å². The highest BCUT2D eigenvalue weighted by Crippen LogP contribution is 2.44. The van der Waals surface area contributed by atoms with Crippen molar-refractivity contribution in [3.8, 4) is 11.1 Å². The molecule has 2 aromatic carbocycles. The normalized spacial score (nSPS) is 14.5. The van der Waals surface area contributed by atoms with Crippen LogP contribution < -0.4 is 5.32 Å². The third kappa shape index (κ3) is 3.66. The predicted octanol–water partition coefficient (Wildman–Crippen LogP) is 3.57. The third-order valence-electron chi connectivity index (χ3n) is 5.45. The van der Waals surface area contributed by atoms with E-state index in [1.165, 1.54) is 11.6 Å². The molecule has 1 aromatic heterocycles. The summed E-state index contributed by atoms with van der Waals surface area (Å²) in [5, 5.41) is 16.4. The maximum atomic E-state index is 12.5. The minimum absolute atomic E-state index is 0.0135. The van der Waals surface area contributed by atoms with Crippen molar-refractivity contribution in [1.82, 2.24) is 15.1 Å². The summed E-state index contributed by atoms with van der Waals surface area (Å²) in [4.78, 5) is 24.4. The van der Waals surface area contributed by atoms with Crippen LogP contribution in [-0.2, 0) is 16.1 Å². The topological polar surface area (TPSA) is 93.5 Å². The molecule has 1 aliphatic carbocycles. The smallest absolute Gasteiger partial charge is 0.408 e. The maximum Gasteiger partial charge on any atom is 0.408 e. The van der Waals surface area contributed by atoms with Crippen molar-refractivity contribution >= 4 is 12.1 Å². The summed E-state index contributed by atoms with van der Waals surface area (Å²) in [5.41, 5.74) is 3.67. The molecule has 7 heteroatoms. The predicted molar refractivity (Wildman–Crippen MR) is 111 cm³/mol. The molecular weight excluding hydrogens is 382 g/mol. The lowest BCUT2D eigenvalue weighted by Gasteiger charge is -2.26. The molecule has 1 amide bonds. The minimum atomic E-state index is -1.55. The highest BCUT2D eigenvalue weighted by atomic mass is 16.5. The summed E-state index contributed by atoms with van der Waals surface area (Å²) >= 11 is 0. The summed E-state index contributed by atoms with van der Waals surface area (Å²) in [6.45, 7) is 3.36. The molecule has 4 rings (SSSR count). The van der Waals surface area contributed by atoms with Crippen LogP contribution >= 0.6 is 0 Å². The lowest BCUT2D eigenvalue weighted by atomic mass is 9.98.